The van der Waals surface area contributed by atoms with Gasteiger partial charge in [-0.3, -0.25) is 9.88 Å². The van der Waals surface area contributed by atoms with Gasteiger partial charge in [-0.25, -0.2) is 9.78 Å². The number of nitrogens with two attached hydrogens (primary N) is 1. The molecule has 1 aromatic carbocycles. The van der Waals surface area contributed by atoms with Crippen LogP contribution in [0.3, 0.4) is 0 Å². The number of morpholine rings is 1. The summed E-state index contributed by atoms with van der Waals surface area (Å²) in [5, 5.41) is 14.6. The van der Waals surface area contributed by atoms with E-state index in [1.165, 1.54) is 0 Å². The van der Waals surface area contributed by atoms with Crippen molar-refractivity contribution in [3.05, 3.63) is 65.0 Å². The third-order valence-electron chi connectivity index (χ3n) is 8.25. The van der Waals surface area contributed by atoms with E-state index in [-0.39, 0.29) is 5.92 Å². The smallest absolute Gasteiger partial charge is 0.335 e. The van der Waals surface area contributed by atoms with Crippen molar-refractivity contribution in [2.24, 2.45) is 0 Å². The van der Waals surface area contributed by atoms with Gasteiger partial charge in [0.2, 0.25) is 0 Å². The van der Waals surface area contributed by atoms with Gasteiger partial charge in [0.05, 0.1) is 41.9 Å². The molecule has 0 bridgehead atoms. The summed E-state index contributed by atoms with van der Waals surface area (Å²) in [6, 6.07) is 14.0. The molecular weight excluding hydrogens is 588 g/mol. The van der Waals surface area contributed by atoms with Gasteiger partial charge in [0.1, 0.15) is 5.82 Å². The van der Waals surface area contributed by atoms with Gasteiger partial charge in [0.15, 0.2) is 11.2 Å². The maximum Gasteiger partial charge on any atom is 0.335 e. The first kappa shape index (κ1) is 27.8. The van der Waals surface area contributed by atoms with Gasteiger partial charge in [-0.2, -0.15) is 9.61 Å². The van der Waals surface area contributed by atoms with E-state index in [4.69, 9.17) is 20.2 Å². The lowest BCUT2D eigenvalue weighted by Gasteiger charge is -2.37. The lowest BCUT2D eigenvalue weighted by atomic mass is 9.77. The summed E-state index contributed by atoms with van der Waals surface area (Å²) in [5.41, 5.74) is 10.5. The molecule has 3 N–H and O–H groups in total. The van der Waals surface area contributed by atoms with Gasteiger partial charge >= 0.3 is 5.97 Å². The molecule has 10 nitrogen and oxygen atoms in total. The largest absolute Gasteiger partial charge is 0.479 e. The zero-order valence-electron chi connectivity index (χ0n) is 22.7. The molecule has 1 saturated heterocycles. The highest BCUT2D eigenvalue weighted by Crippen LogP contribution is 2.43. The lowest BCUT2D eigenvalue weighted by molar-refractivity contribution is -0.172. The Kier molecular flexibility index (Phi) is 8.03. The van der Waals surface area contributed by atoms with Gasteiger partial charge in [-0.05, 0) is 47.7 Å². The maximum absolute atomic E-state index is 12.4. The highest BCUT2D eigenvalue weighted by molar-refractivity contribution is 9.10. The minimum absolute atomic E-state index is 0.0355. The van der Waals surface area contributed by atoms with Crippen molar-refractivity contribution in [1.29, 1.82) is 0 Å². The molecule has 0 spiro atoms. The second-order valence-electron chi connectivity index (χ2n) is 10.7. The number of hydrogen-bond donors (Lipinski definition) is 2. The summed E-state index contributed by atoms with van der Waals surface area (Å²) in [7, 11) is 0. The first-order chi connectivity index (χ1) is 19.9. The van der Waals surface area contributed by atoms with Gasteiger partial charge in [-0.1, -0.05) is 36.4 Å². The fourth-order valence-electron chi connectivity index (χ4n) is 5.79. The number of benzene rings is 1. The van der Waals surface area contributed by atoms with Crippen molar-refractivity contribution in [2.75, 3.05) is 45.2 Å². The standard InChI is InChI=1S/C30H33BrN6O4/c31-25-26(21-8-10-30(11-9-21,29(38)39)41-17-14-36-12-15-40-16-13-36)35-28-23(19-34-37(28)27(25)32)22-6-7-24(33-18-22)20-4-2-1-3-5-20/h1-7,18-19,21H,8-17,32H2,(H,38,39)/t21-,30-. The maximum atomic E-state index is 12.4. The highest BCUT2D eigenvalue weighted by Gasteiger charge is 2.44. The summed E-state index contributed by atoms with van der Waals surface area (Å²) < 4.78 is 13.8. The zero-order chi connectivity index (χ0) is 28.4. The molecule has 2 fully saturated rings. The molecule has 2 aliphatic rings. The van der Waals surface area contributed by atoms with Crippen molar-refractivity contribution in [2.45, 2.75) is 37.2 Å². The number of aliphatic carboxylic acids is 1. The molecule has 6 rings (SSSR count). The van der Waals surface area contributed by atoms with E-state index in [1.807, 2.05) is 48.7 Å². The second-order valence-corrected chi connectivity index (χ2v) is 11.5. The third kappa shape index (κ3) is 5.59. The number of halogens is 1. The van der Waals surface area contributed by atoms with Gasteiger partial charge < -0.3 is 20.3 Å². The molecule has 0 amide bonds. The molecule has 0 atom stereocenters. The van der Waals surface area contributed by atoms with E-state index < -0.39 is 11.6 Å². The van der Waals surface area contributed by atoms with Crippen molar-refractivity contribution in [3.8, 4) is 22.4 Å². The van der Waals surface area contributed by atoms with Gasteiger partial charge in [-0.15, -0.1) is 0 Å². The van der Waals surface area contributed by atoms with Crippen LogP contribution in [-0.2, 0) is 14.3 Å². The number of ether oxygens (including phenoxy) is 2. The minimum Gasteiger partial charge on any atom is -0.479 e. The predicted molar refractivity (Wildman–Crippen MR) is 159 cm³/mol. The van der Waals surface area contributed by atoms with Gasteiger partial charge in [0.25, 0.3) is 0 Å². The highest BCUT2D eigenvalue weighted by atomic mass is 79.9. The van der Waals surface area contributed by atoms with Crippen LogP contribution in [0.1, 0.15) is 37.3 Å². The van der Waals surface area contributed by atoms with E-state index in [0.717, 1.165) is 41.2 Å². The minimum atomic E-state index is -1.18. The fraction of sp³-hybridized carbons (Fsp3) is 0.400. The fourth-order valence-corrected chi connectivity index (χ4v) is 6.37. The summed E-state index contributed by atoms with van der Waals surface area (Å²) in [6.45, 7) is 4.18. The monoisotopic (exact) mass is 620 g/mol. The second kappa shape index (κ2) is 11.8. The Labute approximate surface area is 246 Å². The van der Waals surface area contributed by atoms with Crippen LogP contribution in [0, 0.1) is 0 Å². The molecule has 0 unspecified atom stereocenters. The Hall–Kier alpha value is -3.38. The number of nitrogen functional groups attached to an aromatic ring is 1. The molecule has 1 aliphatic carbocycles. The summed E-state index contributed by atoms with van der Waals surface area (Å²) in [5.74, 6) is -0.403. The molecule has 214 valence electrons. The number of rotatable bonds is 8. The number of carboxylic acid groups (broad SMARTS) is 1. The number of fused-ring (bicyclic) bond motifs is 1. The summed E-state index contributed by atoms with van der Waals surface area (Å²) >= 11 is 3.66. The number of anilines is 1. The van der Waals surface area contributed by atoms with Crippen molar-refractivity contribution in [1.82, 2.24) is 24.5 Å². The SMILES string of the molecule is Nc1c(Br)c([C@H]2CC[C@@](OCCN3CCOCC3)(C(=O)O)CC2)nc2c(-c3ccc(-c4ccccc4)nc3)cnn12. The molecule has 3 aromatic heterocycles. The first-order valence-corrected chi connectivity index (χ1v) is 14.8. The number of carboxylic acids is 1. The quantitative estimate of drug-likeness (QED) is 0.289. The Balaban J connectivity index is 1.21. The topological polar surface area (TPSA) is 128 Å². The Bertz CT molecular complexity index is 1510. The lowest BCUT2D eigenvalue weighted by Crippen LogP contribution is -2.47. The van der Waals surface area contributed by atoms with Crippen LogP contribution in [0.25, 0.3) is 28.0 Å². The number of carbonyl (C=O) groups is 1. The number of nitrogens with zero attached hydrogens (tertiary/aromatic N) is 5. The normalized spacial score (nSPS) is 21.7. The van der Waals surface area contributed by atoms with Gasteiger partial charge in [0, 0.05) is 48.4 Å². The predicted octanol–water partition coefficient (Wildman–Crippen LogP) is 4.63. The number of hydrogen-bond acceptors (Lipinski definition) is 8. The molecule has 1 saturated carbocycles. The third-order valence-corrected chi connectivity index (χ3v) is 9.06. The molecule has 0 radical (unpaired) electrons. The van der Waals surface area contributed by atoms with E-state index in [9.17, 15) is 9.90 Å². The van der Waals surface area contributed by atoms with Crippen LogP contribution in [0.4, 0.5) is 5.82 Å². The van der Waals surface area contributed by atoms with Crippen molar-refractivity contribution < 1.29 is 19.4 Å². The van der Waals surface area contributed by atoms with E-state index in [0.29, 0.717) is 68.0 Å². The number of pyridine rings is 1. The summed E-state index contributed by atoms with van der Waals surface area (Å²) in [4.78, 5) is 24.3. The van der Waals surface area contributed by atoms with Crippen LogP contribution in [-0.4, -0.2) is 80.6 Å². The van der Waals surface area contributed by atoms with E-state index in [1.54, 1.807) is 10.7 Å². The van der Waals surface area contributed by atoms with E-state index >= 15 is 0 Å². The Morgan fingerprint density at radius 1 is 1.10 bits per heavy atom. The molecular formula is C30H33BrN6O4. The summed E-state index contributed by atoms with van der Waals surface area (Å²) in [6.07, 6.45) is 5.66. The Morgan fingerprint density at radius 2 is 1.85 bits per heavy atom. The van der Waals surface area contributed by atoms with Crippen molar-refractivity contribution in [3.63, 3.8) is 0 Å². The van der Waals surface area contributed by atoms with Crippen LogP contribution >= 0.6 is 15.9 Å². The zero-order valence-corrected chi connectivity index (χ0v) is 24.3. The van der Waals surface area contributed by atoms with E-state index in [2.05, 4.69) is 30.9 Å². The number of aromatic nitrogens is 4. The molecule has 41 heavy (non-hydrogen) atoms. The van der Waals surface area contributed by atoms with Crippen LogP contribution in [0.2, 0.25) is 0 Å². The van der Waals surface area contributed by atoms with Crippen LogP contribution < -0.4 is 5.73 Å². The van der Waals surface area contributed by atoms with Crippen LogP contribution in [0.5, 0.6) is 0 Å². The average Bonchev–Trinajstić information content (AvgIpc) is 3.44. The average molecular weight is 622 g/mol. The van der Waals surface area contributed by atoms with Crippen LogP contribution in [0.15, 0.2) is 59.3 Å². The Morgan fingerprint density at radius 3 is 2.54 bits per heavy atom. The molecule has 4 aromatic rings. The molecule has 4 heterocycles. The van der Waals surface area contributed by atoms with Crippen molar-refractivity contribution >= 4 is 33.4 Å². The first-order valence-electron chi connectivity index (χ1n) is 14.0. The molecule has 1 aliphatic heterocycles. The molecule has 11 heteroatoms.